The second-order valence-electron chi connectivity index (χ2n) is 6.77. The normalized spacial score (nSPS) is 36.2. The highest BCUT2D eigenvalue weighted by Crippen LogP contribution is 2.60. The molecule has 3 fully saturated rings. The number of alkyl halides is 2. The number of benzene rings is 1. The van der Waals surface area contributed by atoms with Crippen molar-refractivity contribution in [2.75, 3.05) is 5.88 Å². The van der Waals surface area contributed by atoms with E-state index in [1.165, 1.54) is 0 Å². The summed E-state index contributed by atoms with van der Waals surface area (Å²) in [5.74, 6) is -2.33. The molecule has 1 aliphatic heterocycles. The third kappa shape index (κ3) is 2.61. The third-order valence-electron chi connectivity index (χ3n) is 5.54. The maximum absolute atomic E-state index is 12.8. The molecule has 132 valence electrons. The zero-order valence-corrected chi connectivity index (χ0v) is 15.5. The Bertz CT molecular complexity index is 723. The van der Waals surface area contributed by atoms with Gasteiger partial charge in [-0.15, -0.1) is 11.6 Å². The van der Waals surface area contributed by atoms with Crippen LogP contribution in [0.4, 0.5) is 0 Å². The molecular formula is C18H16BrClO5. The molecule has 0 N–H and O–H groups in total. The van der Waals surface area contributed by atoms with Crippen molar-refractivity contribution in [2.24, 2.45) is 23.7 Å². The molecule has 7 heteroatoms. The van der Waals surface area contributed by atoms with E-state index in [0.717, 1.165) is 6.42 Å². The lowest BCUT2D eigenvalue weighted by molar-refractivity contribution is -0.157. The molecule has 0 unspecified atom stereocenters. The number of carbonyl (C=O) groups excluding carboxylic acids is 3. The standard InChI is InChI=1S/C18H16BrClO5/c19-14-9-6-10-13(18(23)25-16(10)14)12(9)17(22)24-11(7-20)15(21)8-4-2-1-3-5-8/h1-5,9-14,16H,6-7H2/t9-,10-,11+,12-,13-,14+,16+/m1/s1. The highest BCUT2D eigenvalue weighted by molar-refractivity contribution is 9.09. The fourth-order valence-electron chi connectivity index (χ4n) is 4.46. The van der Waals surface area contributed by atoms with E-state index < -0.39 is 23.9 Å². The largest absolute Gasteiger partial charge is 0.461 e. The van der Waals surface area contributed by atoms with Crippen LogP contribution in [0.15, 0.2) is 30.3 Å². The first-order valence-corrected chi connectivity index (χ1v) is 9.68. The SMILES string of the molecule is O=C(O[C@@H](CCl)C(=O)c1ccccc1)[C@@H]1[C@H]2C[C@H]3[C@H](OC(=O)[C@H]31)[C@H]2Br. The van der Waals surface area contributed by atoms with Gasteiger partial charge in [0.15, 0.2) is 6.10 Å². The molecule has 7 atom stereocenters. The lowest BCUT2D eigenvalue weighted by Gasteiger charge is -2.28. The van der Waals surface area contributed by atoms with Gasteiger partial charge in [0.1, 0.15) is 6.10 Å². The number of hydrogen-bond acceptors (Lipinski definition) is 5. The van der Waals surface area contributed by atoms with Gasteiger partial charge >= 0.3 is 11.9 Å². The van der Waals surface area contributed by atoms with Crippen molar-refractivity contribution < 1.29 is 23.9 Å². The van der Waals surface area contributed by atoms with E-state index in [4.69, 9.17) is 21.1 Å². The minimum absolute atomic E-state index is 0.0123. The first-order valence-electron chi connectivity index (χ1n) is 8.23. The van der Waals surface area contributed by atoms with Gasteiger partial charge in [0.05, 0.1) is 22.5 Å². The molecule has 0 radical (unpaired) electrons. The first kappa shape index (κ1) is 17.0. The molecule has 25 heavy (non-hydrogen) atoms. The Balaban J connectivity index is 1.51. The molecule has 5 nitrogen and oxygen atoms in total. The van der Waals surface area contributed by atoms with Crippen molar-refractivity contribution >= 4 is 45.3 Å². The second-order valence-corrected chi connectivity index (χ2v) is 8.14. The zero-order valence-electron chi connectivity index (χ0n) is 13.1. The highest BCUT2D eigenvalue weighted by Gasteiger charge is 2.68. The van der Waals surface area contributed by atoms with Crippen molar-refractivity contribution in [3.05, 3.63) is 35.9 Å². The molecule has 1 saturated heterocycles. The monoisotopic (exact) mass is 426 g/mol. The van der Waals surface area contributed by atoms with Crippen LogP contribution in [0.3, 0.4) is 0 Å². The average Bonchev–Trinajstić information content (AvgIpc) is 3.24. The maximum atomic E-state index is 12.8. The fourth-order valence-corrected chi connectivity index (χ4v) is 5.70. The molecule has 1 heterocycles. The van der Waals surface area contributed by atoms with E-state index in [1.807, 2.05) is 0 Å². The number of carbonyl (C=O) groups is 3. The van der Waals surface area contributed by atoms with Crippen LogP contribution in [0.1, 0.15) is 16.8 Å². The topological polar surface area (TPSA) is 69.7 Å². The van der Waals surface area contributed by atoms with E-state index in [-0.39, 0.29) is 40.4 Å². The Labute approximate surface area is 158 Å². The van der Waals surface area contributed by atoms with Gasteiger partial charge in [-0.2, -0.15) is 0 Å². The molecule has 0 aromatic heterocycles. The number of rotatable bonds is 5. The molecule has 0 amide bonds. The van der Waals surface area contributed by atoms with Gasteiger partial charge in [-0.05, 0) is 12.3 Å². The van der Waals surface area contributed by atoms with E-state index in [2.05, 4.69) is 15.9 Å². The van der Waals surface area contributed by atoms with Crippen molar-refractivity contribution in [2.45, 2.75) is 23.5 Å². The molecule has 1 aromatic rings. The van der Waals surface area contributed by atoms with Crippen molar-refractivity contribution in [1.29, 1.82) is 0 Å². The number of fused-ring (bicyclic) bond motifs is 1. The molecule has 0 spiro atoms. The Kier molecular flexibility index (Phi) is 4.36. The third-order valence-corrected chi connectivity index (χ3v) is 7.02. The molecule has 3 aliphatic rings. The number of ether oxygens (including phenoxy) is 2. The van der Waals surface area contributed by atoms with Gasteiger partial charge in [-0.1, -0.05) is 46.3 Å². The average molecular weight is 428 g/mol. The summed E-state index contributed by atoms with van der Waals surface area (Å²) in [6.07, 6.45) is -0.450. The summed E-state index contributed by atoms with van der Waals surface area (Å²) in [7, 11) is 0. The lowest BCUT2D eigenvalue weighted by atomic mass is 9.80. The first-order chi connectivity index (χ1) is 12.0. The maximum Gasteiger partial charge on any atom is 0.310 e. The van der Waals surface area contributed by atoms with E-state index >= 15 is 0 Å². The molecule has 1 aromatic carbocycles. The molecule has 2 aliphatic carbocycles. The Morgan fingerprint density at radius 2 is 2.00 bits per heavy atom. The summed E-state index contributed by atoms with van der Waals surface area (Å²) >= 11 is 9.43. The zero-order chi connectivity index (χ0) is 17.7. The minimum atomic E-state index is -1.06. The van der Waals surface area contributed by atoms with Gasteiger partial charge in [-0.25, -0.2) is 0 Å². The summed E-state index contributed by atoms with van der Waals surface area (Å²) in [6.45, 7) is 0. The Morgan fingerprint density at radius 1 is 1.28 bits per heavy atom. The van der Waals surface area contributed by atoms with E-state index in [9.17, 15) is 14.4 Å². The van der Waals surface area contributed by atoms with Gasteiger partial charge in [0, 0.05) is 11.5 Å². The van der Waals surface area contributed by atoms with Crippen LogP contribution < -0.4 is 0 Å². The Morgan fingerprint density at radius 3 is 2.68 bits per heavy atom. The number of ketones is 1. The lowest BCUT2D eigenvalue weighted by Crippen LogP contribution is -2.41. The summed E-state index contributed by atoms with van der Waals surface area (Å²) in [5.41, 5.74) is 0.438. The summed E-state index contributed by atoms with van der Waals surface area (Å²) < 4.78 is 10.8. The molecular weight excluding hydrogens is 412 g/mol. The van der Waals surface area contributed by atoms with Crippen LogP contribution in [-0.4, -0.2) is 40.6 Å². The number of hydrogen-bond donors (Lipinski definition) is 0. The number of halogens is 2. The van der Waals surface area contributed by atoms with E-state index in [1.54, 1.807) is 30.3 Å². The van der Waals surface area contributed by atoms with Crippen molar-refractivity contribution in [3.63, 3.8) is 0 Å². The molecule has 4 rings (SSSR count). The molecule has 2 saturated carbocycles. The number of esters is 2. The number of Topliss-reactive ketones (excluding diaryl/α,β-unsaturated/α-hetero) is 1. The minimum Gasteiger partial charge on any atom is -0.461 e. The quantitative estimate of drug-likeness (QED) is 0.410. The second kappa shape index (κ2) is 6.40. The van der Waals surface area contributed by atoms with Crippen LogP contribution >= 0.6 is 27.5 Å². The van der Waals surface area contributed by atoms with Crippen LogP contribution in [0.2, 0.25) is 0 Å². The van der Waals surface area contributed by atoms with Crippen molar-refractivity contribution in [3.8, 4) is 0 Å². The van der Waals surface area contributed by atoms with Gasteiger partial charge in [-0.3, -0.25) is 14.4 Å². The predicted molar refractivity (Wildman–Crippen MR) is 92.5 cm³/mol. The van der Waals surface area contributed by atoms with Crippen LogP contribution in [0, 0.1) is 23.7 Å². The van der Waals surface area contributed by atoms with Crippen LogP contribution in [0.25, 0.3) is 0 Å². The smallest absolute Gasteiger partial charge is 0.310 e. The summed E-state index contributed by atoms with van der Waals surface area (Å²) in [5, 5.41) is 0. The Hall–Kier alpha value is -1.40. The van der Waals surface area contributed by atoms with Gasteiger partial charge < -0.3 is 9.47 Å². The predicted octanol–water partition coefficient (Wildman–Crippen LogP) is 2.59. The van der Waals surface area contributed by atoms with E-state index in [0.29, 0.717) is 5.56 Å². The fraction of sp³-hybridized carbons (Fsp3) is 0.500. The summed E-state index contributed by atoms with van der Waals surface area (Å²) in [6, 6.07) is 8.58. The van der Waals surface area contributed by atoms with Crippen LogP contribution in [-0.2, 0) is 19.1 Å². The molecule has 2 bridgehead atoms. The van der Waals surface area contributed by atoms with Crippen molar-refractivity contribution in [1.82, 2.24) is 0 Å². The highest BCUT2D eigenvalue weighted by atomic mass is 79.9. The van der Waals surface area contributed by atoms with Crippen LogP contribution in [0.5, 0.6) is 0 Å². The summed E-state index contributed by atoms with van der Waals surface area (Å²) in [4.78, 5) is 37.3. The van der Waals surface area contributed by atoms with Gasteiger partial charge in [0.2, 0.25) is 5.78 Å². The van der Waals surface area contributed by atoms with Gasteiger partial charge in [0.25, 0.3) is 0 Å².